The Balaban J connectivity index is 1.82. The second-order valence-corrected chi connectivity index (χ2v) is 7.84. The number of rotatable bonds is 5. The van der Waals surface area contributed by atoms with E-state index < -0.39 is 11.9 Å². The second kappa shape index (κ2) is 8.51. The molecule has 8 nitrogen and oxygen atoms in total. The van der Waals surface area contributed by atoms with Crippen LogP contribution in [0.3, 0.4) is 0 Å². The third-order valence-corrected chi connectivity index (χ3v) is 5.41. The highest BCUT2D eigenvalue weighted by molar-refractivity contribution is 9.10. The molecule has 5 aromatic rings. The number of para-hydroxylation sites is 3. The van der Waals surface area contributed by atoms with Crippen LogP contribution >= 0.6 is 15.9 Å². The molecular weight excluding hydrogens is 488 g/mol. The first kappa shape index (κ1) is 20.9. The summed E-state index contributed by atoms with van der Waals surface area (Å²) in [7, 11) is 0. The fraction of sp³-hybridized carbons (Fsp3) is 0.0833. The van der Waals surface area contributed by atoms with E-state index in [0.717, 1.165) is 0 Å². The van der Waals surface area contributed by atoms with E-state index in [9.17, 15) is 9.59 Å². The van der Waals surface area contributed by atoms with E-state index in [0.29, 0.717) is 32.6 Å². The molecule has 1 N–H and O–H groups in total. The van der Waals surface area contributed by atoms with Crippen molar-refractivity contribution in [3.05, 3.63) is 82.7 Å². The number of furan rings is 1. The lowest BCUT2D eigenvalue weighted by Crippen LogP contribution is -2.17. The summed E-state index contributed by atoms with van der Waals surface area (Å²) < 4.78 is 12.8. The van der Waals surface area contributed by atoms with E-state index in [1.807, 2.05) is 54.6 Å². The fourth-order valence-corrected chi connectivity index (χ4v) is 3.90. The Hall–Kier alpha value is -3.98. The molecule has 0 saturated heterocycles. The van der Waals surface area contributed by atoms with Crippen molar-refractivity contribution in [2.24, 2.45) is 0 Å². The van der Waals surface area contributed by atoms with Crippen molar-refractivity contribution < 1.29 is 18.7 Å². The van der Waals surface area contributed by atoms with Gasteiger partial charge in [-0.25, -0.2) is 14.8 Å². The number of benzene rings is 2. The van der Waals surface area contributed by atoms with Gasteiger partial charge in [0, 0.05) is 5.69 Å². The van der Waals surface area contributed by atoms with E-state index in [4.69, 9.17) is 19.1 Å². The van der Waals surface area contributed by atoms with Gasteiger partial charge in [0.15, 0.2) is 16.1 Å². The molecule has 5 rings (SSSR count). The standard InChI is InChI=1S/C24H17BrN4O4/c1-2-32-24(31)19-20-22(27-16-11-7-6-10-15(16)26-20)29(14-8-4-3-5-9-14)21(19)28-23(30)17-12-13-18(25)33-17/h3-13H,2H2,1H3,(H,28,30). The number of aromatic nitrogens is 3. The van der Waals surface area contributed by atoms with Crippen LogP contribution in [0.2, 0.25) is 0 Å². The maximum absolute atomic E-state index is 13.1. The Bertz CT molecular complexity index is 1510. The van der Waals surface area contributed by atoms with E-state index in [2.05, 4.69) is 21.2 Å². The van der Waals surface area contributed by atoms with Crippen LogP contribution in [0.1, 0.15) is 27.8 Å². The first-order valence-corrected chi connectivity index (χ1v) is 11.0. The Morgan fingerprint density at radius 3 is 2.36 bits per heavy atom. The highest BCUT2D eigenvalue weighted by Crippen LogP contribution is 2.34. The van der Waals surface area contributed by atoms with Crippen molar-refractivity contribution in [2.75, 3.05) is 11.9 Å². The van der Waals surface area contributed by atoms with Gasteiger partial charge in [0.05, 0.1) is 17.6 Å². The number of nitrogens with zero attached hydrogens (tertiary/aromatic N) is 3. The fourth-order valence-electron chi connectivity index (χ4n) is 3.59. The Labute approximate surface area is 196 Å². The lowest BCUT2D eigenvalue weighted by molar-refractivity contribution is 0.0529. The number of fused-ring (bicyclic) bond motifs is 2. The van der Waals surface area contributed by atoms with Crippen molar-refractivity contribution in [3.8, 4) is 5.69 Å². The molecule has 0 aliphatic rings. The molecule has 0 spiro atoms. The number of nitrogens with one attached hydrogen (secondary N) is 1. The van der Waals surface area contributed by atoms with Gasteiger partial charge < -0.3 is 14.5 Å². The molecule has 0 aliphatic carbocycles. The van der Waals surface area contributed by atoms with Crippen LogP contribution < -0.4 is 5.32 Å². The normalized spacial score (nSPS) is 11.1. The van der Waals surface area contributed by atoms with Gasteiger partial charge in [-0.2, -0.15) is 0 Å². The van der Waals surface area contributed by atoms with Crippen LogP contribution in [-0.2, 0) is 4.74 Å². The summed E-state index contributed by atoms with van der Waals surface area (Å²) in [6.07, 6.45) is 0. The number of hydrogen-bond donors (Lipinski definition) is 1. The number of halogens is 1. The SMILES string of the molecule is CCOC(=O)c1c(NC(=O)c2ccc(Br)o2)n(-c2ccccc2)c2nc3ccccc3nc12. The number of carbonyl (C=O) groups excluding carboxylic acids is 2. The van der Waals surface area contributed by atoms with E-state index in [1.165, 1.54) is 6.07 Å². The lowest BCUT2D eigenvalue weighted by atomic mass is 10.2. The zero-order valence-corrected chi connectivity index (χ0v) is 19.0. The summed E-state index contributed by atoms with van der Waals surface area (Å²) >= 11 is 3.20. The molecule has 3 heterocycles. The Morgan fingerprint density at radius 1 is 1.00 bits per heavy atom. The predicted molar refractivity (Wildman–Crippen MR) is 127 cm³/mol. The molecule has 0 bridgehead atoms. The molecule has 9 heteroatoms. The third kappa shape index (κ3) is 3.76. The molecule has 0 unspecified atom stereocenters. The van der Waals surface area contributed by atoms with Crippen LogP contribution in [-0.4, -0.2) is 33.0 Å². The number of amides is 1. The molecule has 0 atom stereocenters. The maximum atomic E-state index is 13.1. The predicted octanol–water partition coefficient (Wildman–Crippen LogP) is 5.36. The molecule has 0 saturated carbocycles. The van der Waals surface area contributed by atoms with Crippen LogP contribution in [0, 0.1) is 0 Å². The van der Waals surface area contributed by atoms with Crippen molar-refractivity contribution in [1.29, 1.82) is 0 Å². The van der Waals surface area contributed by atoms with Crippen molar-refractivity contribution in [1.82, 2.24) is 14.5 Å². The highest BCUT2D eigenvalue weighted by atomic mass is 79.9. The monoisotopic (exact) mass is 504 g/mol. The molecule has 1 amide bonds. The van der Waals surface area contributed by atoms with Crippen molar-refractivity contribution in [2.45, 2.75) is 6.92 Å². The van der Waals surface area contributed by atoms with Gasteiger partial charge in [-0.3, -0.25) is 9.36 Å². The number of ether oxygens (including phenoxy) is 1. The first-order chi connectivity index (χ1) is 16.1. The Morgan fingerprint density at radius 2 is 1.70 bits per heavy atom. The lowest BCUT2D eigenvalue weighted by Gasteiger charge is -2.12. The summed E-state index contributed by atoms with van der Waals surface area (Å²) in [6.45, 7) is 1.88. The van der Waals surface area contributed by atoms with Gasteiger partial charge in [0.2, 0.25) is 0 Å². The highest BCUT2D eigenvalue weighted by Gasteiger charge is 2.29. The van der Waals surface area contributed by atoms with E-state index in [-0.39, 0.29) is 23.7 Å². The minimum absolute atomic E-state index is 0.0765. The Kier molecular flexibility index (Phi) is 5.39. The van der Waals surface area contributed by atoms with Gasteiger partial charge in [-0.1, -0.05) is 30.3 Å². The minimum atomic E-state index is -0.613. The van der Waals surface area contributed by atoms with Crippen molar-refractivity contribution >= 4 is 55.8 Å². The maximum Gasteiger partial charge on any atom is 0.344 e. The van der Waals surface area contributed by atoms with Gasteiger partial charge in [0.25, 0.3) is 5.91 Å². The van der Waals surface area contributed by atoms with E-state index >= 15 is 0 Å². The number of carbonyl (C=O) groups is 2. The van der Waals surface area contributed by atoms with Crippen LogP contribution in [0.4, 0.5) is 5.82 Å². The number of esters is 1. The summed E-state index contributed by atoms with van der Waals surface area (Å²) in [6, 6.07) is 19.8. The first-order valence-electron chi connectivity index (χ1n) is 10.2. The zero-order valence-electron chi connectivity index (χ0n) is 17.4. The molecule has 0 radical (unpaired) electrons. The average molecular weight is 505 g/mol. The zero-order chi connectivity index (χ0) is 22.9. The average Bonchev–Trinajstić information content (AvgIpc) is 3.39. The topological polar surface area (TPSA) is 99.2 Å². The quantitative estimate of drug-likeness (QED) is 0.323. The summed E-state index contributed by atoms with van der Waals surface area (Å²) in [5, 5.41) is 2.82. The largest absolute Gasteiger partial charge is 0.462 e. The summed E-state index contributed by atoms with van der Waals surface area (Å²) in [5.74, 6) is -0.872. The van der Waals surface area contributed by atoms with Crippen LogP contribution in [0.5, 0.6) is 0 Å². The van der Waals surface area contributed by atoms with Gasteiger partial charge >= 0.3 is 5.97 Å². The van der Waals surface area contributed by atoms with Gasteiger partial charge in [-0.15, -0.1) is 0 Å². The number of hydrogen-bond acceptors (Lipinski definition) is 6. The third-order valence-electron chi connectivity index (χ3n) is 4.98. The van der Waals surface area contributed by atoms with Gasteiger partial charge in [0.1, 0.15) is 16.9 Å². The van der Waals surface area contributed by atoms with Crippen LogP contribution in [0.15, 0.2) is 75.8 Å². The molecule has 0 aliphatic heterocycles. The molecule has 33 heavy (non-hydrogen) atoms. The number of anilines is 1. The molecule has 3 aromatic heterocycles. The molecule has 2 aromatic carbocycles. The minimum Gasteiger partial charge on any atom is -0.462 e. The van der Waals surface area contributed by atoms with E-state index in [1.54, 1.807) is 17.6 Å². The smallest absolute Gasteiger partial charge is 0.344 e. The molecular formula is C24H17BrN4O4. The molecule has 0 fully saturated rings. The van der Waals surface area contributed by atoms with Gasteiger partial charge in [-0.05, 0) is 59.3 Å². The summed E-state index contributed by atoms with van der Waals surface area (Å²) in [4.78, 5) is 35.6. The van der Waals surface area contributed by atoms with Crippen LogP contribution in [0.25, 0.3) is 27.9 Å². The van der Waals surface area contributed by atoms with Crippen molar-refractivity contribution in [3.63, 3.8) is 0 Å². The second-order valence-electron chi connectivity index (χ2n) is 7.06. The summed E-state index contributed by atoms with van der Waals surface area (Å²) in [5.41, 5.74) is 2.83. The molecule has 164 valence electrons.